The molecule has 0 spiro atoms. The van der Waals surface area contributed by atoms with E-state index in [0.717, 1.165) is 10.9 Å². The zero-order valence-corrected chi connectivity index (χ0v) is 10.3. The van der Waals surface area contributed by atoms with Crippen LogP contribution in [-0.2, 0) is 4.74 Å². The van der Waals surface area contributed by atoms with Crippen LogP contribution in [0.4, 0.5) is 5.69 Å². The molecule has 96 valence electrons. The van der Waals surface area contributed by atoms with Crippen molar-refractivity contribution in [2.45, 2.75) is 6.92 Å². The number of hydrogen-bond acceptors (Lipinski definition) is 3. The number of carbonyl (C=O) groups is 1. The van der Waals surface area contributed by atoms with Crippen LogP contribution in [-0.4, -0.2) is 30.6 Å². The molecule has 0 radical (unpaired) electrons. The van der Waals surface area contributed by atoms with Gasteiger partial charge < -0.3 is 20.8 Å². The molecule has 1 aromatic heterocycles. The molecule has 0 unspecified atom stereocenters. The largest absolute Gasteiger partial charge is 0.399 e. The van der Waals surface area contributed by atoms with Gasteiger partial charge in [0.25, 0.3) is 5.91 Å². The summed E-state index contributed by atoms with van der Waals surface area (Å²) in [5.41, 5.74) is 7.88. The summed E-state index contributed by atoms with van der Waals surface area (Å²) < 4.78 is 5.17. The molecule has 1 aromatic carbocycles. The molecule has 0 aliphatic rings. The Bertz CT molecular complexity index is 548. The number of aromatic amines is 1. The van der Waals surface area contributed by atoms with Gasteiger partial charge >= 0.3 is 0 Å². The van der Waals surface area contributed by atoms with Gasteiger partial charge in [-0.05, 0) is 25.1 Å². The average molecular weight is 247 g/mol. The van der Waals surface area contributed by atoms with Crippen molar-refractivity contribution in [2.75, 3.05) is 25.5 Å². The van der Waals surface area contributed by atoms with Gasteiger partial charge in [-0.25, -0.2) is 0 Å². The lowest BCUT2D eigenvalue weighted by Gasteiger charge is -2.04. The fourth-order valence-electron chi connectivity index (χ4n) is 1.80. The third-order valence-electron chi connectivity index (χ3n) is 2.69. The first-order valence-electron chi connectivity index (χ1n) is 5.95. The van der Waals surface area contributed by atoms with E-state index >= 15 is 0 Å². The van der Waals surface area contributed by atoms with Gasteiger partial charge in [0.05, 0.1) is 12.2 Å². The van der Waals surface area contributed by atoms with Crippen LogP contribution in [0.5, 0.6) is 0 Å². The Hall–Kier alpha value is -2.01. The van der Waals surface area contributed by atoms with E-state index in [9.17, 15) is 4.79 Å². The minimum absolute atomic E-state index is 0.119. The summed E-state index contributed by atoms with van der Waals surface area (Å²) in [4.78, 5) is 15.0. The molecular formula is C13H17N3O2. The van der Waals surface area contributed by atoms with Gasteiger partial charge in [-0.1, -0.05) is 0 Å². The summed E-state index contributed by atoms with van der Waals surface area (Å²) >= 11 is 0. The third kappa shape index (κ3) is 2.62. The Labute approximate surface area is 105 Å². The SMILES string of the molecule is CCOCCNC(=O)c1c[nH]c2ccc(N)cc12. The van der Waals surface area contributed by atoms with Crippen LogP contribution in [0.15, 0.2) is 24.4 Å². The Kier molecular flexibility index (Phi) is 3.84. The standard InChI is InChI=1S/C13H17N3O2/c1-2-18-6-5-15-13(17)11-8-16-12-4-3-9(14)7-10(11)12/h3-4,7-8,16H,2,5-6,14H2,1H3,(H,15,17). The van der Waals surface area contributed by atoms with Crippen molar-refractivity contribution in [3.05, 3.63) is 30.0 Å². The number of aromatic nitrogens is 1. The van der Waals surface area contributed by atoms with Crippen molar-refractivity contribution in [2.24, 2.45) is 0 Å². The Balaban J connectivity index is 2.10. The Morgan fingerprint density at radius 3 is 3.11 bits per heavy atom. The molecule has 4 N–H and O–H groups in total. The van der Waals surface area contributed by atoms with E-state index in [-0.39, 0.29) is 5.91 Å². The molecule has 0 bridgehead atoms. The number of hydrogen-bond donors (Lipinski definition) is 3. The van der Waals surface area contributed by atoms with E-state index in [1.807, 2.05) is 13.0 Å². The normalized spacial score (nSPS) is 10.7. The van der Waals surface area contributed by atoms with Crippen LogP contribution < -0.4 is 11.1 Å². The molecule has 1 amide bonds. The summed E-state index contributed by atoms with van der Waals surface area (Å²) in [6.07, 6.45) is 1.69. The second-order valence-corrected chi connectivity index (χ2v) is 3.96. The van der Waals surface area contributed by atoms with E-state index in [1.54, 1.807) is 18.3 Å². The van der Waals surface area contributed by atoms with Crippen molar-refractivity contribution in [3.8, 4) is 0 Å². The maximum Gasteiger partial charge on any atom is 0.253 e. The van der Waals surface area contributed by atoms with Crippen LogP contribution in [0, 0.1) is 0 Å². The summed E-state index contributed by atoms with van der Waals surface area (Å²) in [5.74, 6) is -0.119. The molecule has 0 saturated heterocycles. The number of H-pyrrole nitrogens is 1. The number of nitrogen functional groups attached to an aromatic ring is 1. The quantitative estimate of drug-likeness (QED) is 0.553. The number of amides is 1. The molecule has 0 fully saturated rings. The highest BCUT2D eigenvalue weighted by Crippen LogP contribution is 2.20. The molecule has 2 aromatic rings. The van der Waals surface area contributed by atoms with Crippen LogP contribution in [0.1, 0.15) is 17.3 Å². The first-order valence-corrected chi connectivity index (χ1v) is 5.95. The van der Waals surface area contributed by atoms with E-state index in [0.29, 0.717) is 31.0 Å². The summed E-state index contributed by atoms with van der Waals surface area (Å²) in [5, 5.41) is 3.64. The first kappa shape index (κ1) is 12.4. The minimum atomic E-state index is -0.119. The summed E-state index contributed by atoms with van der Waals surface area (Å²) in [7, 11) is 0. The minimum Gasteiger partial charge on any atom is -0.399 e. The molecule has 2 rings (SSSR count). The van der Waals surface area contributed by atoms with E-state index < -0.39 is 0 Å². The lowest BCUT2D eigenvalue weighted by atomic mass is 10.1. The fraction of sp³-hybridized carbons (Fsp3) is 0.308. The van der Waals surface area contributed by atoms with Crippen molar-refractivity contribution in [1.82, 2.24) is 10.3 Å². The number of fused-ring (bicyclic) bond motifs is 1. The lowest BCUT2D eigenvalue weighted by molar-refractivity contribution is 0.0924. The predicted octanol–water partition coefficient (Wildman–Crippen LogP) is 1.52. The van der Waals surface area contributed by atoms with E-state index in [2.05, 4.69) is 10.3 Å². The number of ether oxygens (including phenoxy) is 1. The number of anilines is 1. The highest BCUT2D eigenvalue weighted by Gasteiger charge is 2.11. The predicted molar refractivity (Wildman–Crippen MR) is 71.5 cm³/mol. The number of carbonyl (C=O) groups excluding carboxylic acids is 1. The second kappa shape index (κ2) is 5.55. The number of nitrogens with one attached hydrogen (secondary N) is 2. The zero-order chi connectivity index (χ0) is 13.0. The molecule has 5 heteroatoms. The zero-order valence-electron chi connectivity index (χ0n) is 10.3. The van der Waals surface area contributed by atoms with Gasteiger partial charge in [-0.3, -0.25) is 4.79 Å². The van der Waals surface area contributed by atoms with Gasteiger partial charge in [-0.15, -0.1) is 0 Å². The van der Waals surface area contributed by atoms with Gasteiger partial charge in [-0.2, -0.15) is 0 Å². The highest BCUT2D eigenvalue weighted by atomic mass is 16.5. The second-order valence-electron chi connectivity index (χ2n) is 3.96. The first-order chi connectivity index (χ1) is 8.72. The van der Waals surface area contributed by atoms with Gasteiger partial charge in [0.1, 0.15) is 0 Å². The van der Waals surface area contributed by atoms with Crippen molar-refractivity contribution >= 4 is 22.5 Å². The summed E-state index contributed by atoms with van der Waals surface area (Å²) in [6.45, 7) is 3.60. The topological polar surface area (TPSA) is 80.1 Å². The monoisotopic (exact) mass is 247 g/mol. The summed E-state index contributed by atoms with van der Waals surface area (Å²) in [6, 6.07) is 5.46. The van der Waals surface area contributed by atoms with Gasteiger partial charge in [0.2, 0.25) is 0 Å². The van der Waals surface area contributed by atoms with Crippen LogP contribution in [0.2, 0.25) is 0 Å². The van der Waals surface area contributed by atoms with Crippen molar-refractivity contribution in [3.63, 3.8) is 0 Å². The molecule has 0 aliphatic carbocycles. The molecular weight excluding hydrogens is 230 g/mol. The third-order valence-corrected chi connectivity index (χ3v) is 2.69. The molecule has 18 heavy (non-hydrogen) atoms. The van der Waals surface area contributed by atoms with Crippen LogP contribution in [0.3, 0.4) is 0 Å². The lowest BCUT2D eigenvalue weighted by Crippen LogP contribution is -2.27. The van der Waals surface area contributed by atoms with Gasteiger partial charge in [0.15, 0.2) is 0 Å². The molecule has 0 saturated carbocycles. The van der Waals surface area contributed by atoms with Crippen LogP contribution >= 0.6 is 0 Å². The molecule has 5 nitrogen and oxygen atoms in total. The van der Waals surface area contributed by atoms with Crippen molar-refractivity contribution in [1.29, 1.82) is 0 Å². The van der Waals surface area contributed by atoms with E-state index in [4.69, 9.17) is 10.5 Å². The molecule has 0 aliphatic heterocycles. The van der Waals surface area contributed by atoms with Gasteiger partial charge in [0, 0.05) is 35.9 Å². The van der Waals surface area contributed by atoms with Crippen LogP contribution in [0.25, 0.3) is 10.9 Å². The smallest absolute Gasteiger partial charge is 0.253 e. The highest BCUT2D eigenvalue weighted by molar-refractivity contribution is 6.07. The Morgan fingerprint density at radius 2 is 2.33 bits per heavy atom. The maximum atomic E-state index is 12.0. The Morgan fingerprint density at radius 1 is 1.50 bits per heavy atom. The van der Waals surface area contributed by atoms with E-state index in [1.165, 1.54) is 0 Å². The van der Waals surface area contributed by atoms with Crippen molar-refractivity contribution < 1.29 is 9.53 Å². The number of rotatable bonds is 5. The number of nitrogens with two attached hydrogens (primary N) is 1. The maximum absolute atomic E-state index is 12.0. The average Bonchev–Trinajstić information content (AvgIpc) is 2.77. The molecule has 0 atom stereocenters. The molecule has 1 heterocycles. The number of benzene rings is 1. The fourth-order valence-corrected chi connectivity index (χ4v) is 1.80.